The summed E-state index contributed by atoms with van der Waals surface area (Å²) in [4.78, 5) is 23.1. The summed E-state index contributed by atoms with van der Waals surface area (Å²) in [5.74, 6) is -0.0189. The molecule has 0 radical (unpaired) electrons. The van der Waals surface area contributed by atoms with Gasteiger partial charge in [0.2, 0.25) is 0 Å². The number of ether oxygens (including phenoxy) is 1. The summed E-state index contributed by atoms with van der Waals surface area (Å²) >= 11 is 0. The van der Waals surface area contributed by atoms with Crippen molar-refractivity contribution in [3.05, 3.63) is 95.6 Å². The minimum Gasteiger partial charge on any atom is -0.380 e. The monoisotopic (exact) mass is 347 g/mol. The number of carbonyl (C=O) groups excluding carboxylic acids is 1. The van der Waals surface area contributed by atoms with Crippen LogP contribution in [-0.2, 0) is 24.4 Å². The Hall–Kier alpha value is -3.05. The molecule has 0 atom stereocenters. The van der Waals surface area contributed by atoms with Gasteiger partial charge in [0.05, 0.1) is 6.61 Å². The molecule has 3 rings (SSSR count). The fourth-order valence-corrected chi connectivity index (χ4v) is 2.71. The first-order valence-electron chi connectivity index (χ1n) is 8.41. The smallest absolute Gasteiger partial charge is 0.254 e. The Balaban J connectivity index is 1.82. The second kappa shape index (κ2) is 8.87. The zero-order chi connectivity index (χ0) is 18.2. The molecular formula is C21H21N3O2. The van der Waals surface area contributed by atoms with Crippen LogP contribution in [0.25, 0.3) is 0 Å². The Bertz CT molecular complexity index is 779. The number of benzene rings is 1. The summed E-state index contributed by atoms with van der Waals surface area (Å²) in [6.45, 7) is 1.54. The Labute approximate surface area is 153 Å². The third-order valence-electron chi connectivity index (χ3n) is 4.02. The van der Waals surface area contributed by atoms with Crippen LogP contribution in [0.2, 0.25) is 0 Å². The van der Waals surface area contributed by atoms with E-state index < -0.39 is 0 Å². The highest BCUT2D eigenvalue weighted by Crippen LogP contribution is 2.15. The first-order valence-corrected chi connectivity index (χ1v) is 8.41. The number of amides is 1. The molecule has 0 spiro atoms. The number of hydrogen-bond acceptors (Lipinski definition) is 4. The van der Waals surface area contributed by atoms with Crippen LogP contribution in [0.1, 0.15) is 27.0 Å². The van der Waals surface area contributed by atoms with Crippen LogP contribution in [0.5, 0.6) is 0 Å². The first kappa shape index (κ1) is 17.8. The molecule has 132 valence electrons. The van der Waals surface area contributed by atoms with Crippen molar-refractivity contribution in [3.8, 4) is 0 Å². The fourth-order valence-electron chi connectivity index (χ4n) is 2.71. The van der Waals surface area contributed by atoms with Crippen LogP contribution in [0.4, 0.5) is 0 Å². The second-order valence-electron chi connectivity index (χ2n) is 6.01. The highest BCUT2D eigenvalue weighted by Gasteiger charge is 2.17. The molecule has 0 unspecified atom stereocenters. The van der Waals surface area contributed by atoms with Crippen LogP contribution >= 0.6 is 0 Å². The van der Waals surface area contributed by atoms with E-state index in [1.807, 2.05) is 53.4 Å². The Morgan fingerprint density at radius 3 is 2.27 bits per heavy atom. The zero-order valence-electron chi connectivity index (χ0n) is 14.7. The molecule has 0 bridgehead atoms. The number of nitrogens with zero attached hydrogens (tertiary/aromatic N) is 3. The van der Waals surface area contributed by atoms with Gasteiger partial charge in [-0.2, -0.15) is 0 Å². The van der Waals surface area contributed by atoms with Crippen molar-refractivity contribution in [1.82, 2.24) is 14.9 Å². The number of rotatable bonds is 7. The van der Waals surface area contributed by atoms with Crippen LogP contribution in [0.15, 0.2) is 73.3 Å². The predicted molar refractivity (Wildman–Crippen MR) is 99.2 cm³/mol. The van der Waals surface area contributed by atoms with E-state index in [2.05, 4.69) is 9.97 Å². The minimum atomic E-state index is -0.0189. The summed E-state index contributed by atoms with van der Waals surface area (Å²) < 4.78 is 5.13. The van der Waals surface area contributed by atoms with E-state index >= 15 is 0 Å². The molecule has 0 N–H and O–H groups in total. The lowest BCUT2D eigenvalue weighted by atomic mass is 10.1. The SMILES string of the molecule is COCc1ccc(C(=O)N(Cc2ccncc2)Cc2cccnc2)cc1. The maximum atomic E-state index is 13.1. The lowest BCUT2D eigenvalue weighted by molar-refractivity contribution is 0.0729. The molecule has 2 heterocycles. The average molecular weight is 347 g/mol. The molecular weight excluding hydrogens is 326 g/mol. The standard InChI is InChI=1S/C21H21N3O2/c1-26-16-18-4-6-20(7-5-18)21(25)24(14-17-8-11-22-12-9-17)15-19-3-2-10-23-13-19/h2-13H,14-16H2,1H3. The van der Waals surface area contributed by atoms with Crippen molar-refractivity contribution in [2.75, 3.05) is 7.11 Å². The molecule has 1 aromatic carbocycles. The van der Waals surface area contributed by atoms with Crippen molar-refractivity contribution < 1.29 is 9.53 Å². The van der Waals surface area contributed by atoms with E-state index in [0.717, 1.165) is 16.7 Å². The van der Waals surface area contributed by atoms with Gasteiger partial charge >= 0.3 is 0 Å². The molecule has 5 heteroatoms. The second-order valence-corrected chi connectivity index (χ2v) is 6.01. The third kappa shape index (κ3) is 4.74. The number of aromatic nitrogens is 2. The van der Waals surface area contributed by atoms with Gasteiger partial charge in [0, 0.05) is 50.6 Å². The topological polar surface area (TPSA) is 55.3 Å². The Kier molecular flexibility index (Phi) is 6.06. The van der Waals surface area contributed by atoms with Gasteiger partial charge < -0.3 is 9.64 Å². The summed E-state index contributed by atoms with van der Waals surface area (Å²) in [5.41, 5.74) is 3.72. The molecule has 26 heavy (non-hydrogen) atoms. The van der Waals surface area contributed by atoms with E-state index in [9.17, 15) is 4.79 Å². The van der Waals surface area contributed by atoms with Crippen molar-refractivity contribution in [3.63, 3.8) is 0 Å². The van der Waals surface area contributed by atoms with Gasteiger partial charge in [-0.15, -0.1) is 0 Å². The van der Waals surface area contributed by atoms with Gasteiger partial charge in [-0.05, 0) is 47.0 Å². The number of pyridine rings is 2. The van der Waals surface area contributed by atoms with Gasteiger partial charge in [0.1, 0.15) is 0 Å². The van der Waals surface area contributed by atoms with Gasteiger partial charge in [-0.1, -0.05) is 18.2 Å². The largest absolute Gasteiger partial charge is 0.380 e. The van der Waals surface area contributed by atoms with Gasteiger partial charge in [0.25, 0.3) is 5.91 Å². The van der Waals surface area contributed by atoms with Crippen LogP contribution in [0.3, 0.4) is 0 Å². The number of carbonyl (C=O) groups is 1. The van der Waals surface area contributed by atoms with Crippen molar-refractivity contribution in [2.24, 2.45) is 0 Å². The lowest BCUT2D eigenvalue weighted by Crippen LogP contribution is -2.30. The van der Waals surface area contributed by atoms with Crippen molar-refractivity contribution in [1.29, 1.82) is 0 Å². The lowest BCUT2D eigenvalue weighted by Gasteiger charge is -2.23. The molecule has 0 saturated heterocycles. The van der Waals surface area contributed by atoms with Crippen LogP contribution in [-0.4, -0.2) is 27.9 Å². The first-order chi connectivity index (χ1) is 12.8. The molecule has 0 fully saturated rings. The summed E-state index contributed by atoms with van der Waals surface area (Å²) in [6.07, 6.45) is 6.99. The third-order valence-corrected chi connectivity index (χ3v) is 4.02. The fraction of sp³-hybridized carbons (Fsp3) is 0.190. The molecule has 1 amide bonds. The Morgan fingerprint density at radius 1 is 0.885 bits per heavy atom. The highest BCUT2D eigenvalue weighted by atomic mass is 16.5. The normalized spacial score (nSPS) is 10.5. The van der Waals surface area contributed by atoms with E-state index in [1.54, 1.807) is 31.9 Å². The molecule has 0 aliphatic carbocycles. The van der Waals surface area contributed by atoms with Crippen LogP contribution < -0.4 is 0 Å². The van der Waals surface area contributed by atoms with Gasteiger partial charge in [0.15, 0.2) is 0 Å². The summed E-state index contributed by atoms with van der Waals surface area (Å²) in [5, 5.41) is 0. The minimum absolute atomic E-state index is 0.0189. The maximum absolute atomic E-state index is 13.1. The Morgan fingerprint density at radius 2 is 1.62 bits per heavy atom. The zero-order valence-corrected chi connectivity index (χ0v) is 14.7. The van der Waals surface area contributed by atoms with Gasteiger partial charge in [-0.25, -0.2) is 0 Å². The van der Waals surface area contributed by atoms with Gasteiger partial charge in [-0.3, -0.25) is 14.8 Å². The summed E-state index contributed by atoms with van der Waals surface area (Å²) in [7, 11) is 1.66. The van der Waals surface area contributed by atoms with Crippen LogP contribution in [0, 0.1) is 0 Å². The van der Waals surface area contributed by atoms with E-state index in [0.29, 0.717) is 25.3 Å². The quantitative estimate of drug-likeness (QED) is 0.657. The molecule has 0 saturated carbocycles. The average Bonchev–Trinajstić information content (AvgIpc) is 2.69. The molecule has 5 nitrogen and oxygen atoms in total. The molecule has 3 aromatic rings. The maximum Gasteiger partial charge on any atom is 0.254 e. The van der Waals surface area contributed by atoms with Crippen molar-refractivity contribution in [2.45, 2.75) is 19.7 Å². The van der Waals surface area contributed by atoms with E-state index in [-0.39, 0.29) is 5.91 Å². The highest BCUT2D eigenvalue weighted by molar-refractivity contribution is 5.94. The molecule has 0 aliphatic heterocycles. The molecule has 0 aliphatic rings. The number of hydrogen-bond donors (Lipinski definition) is 0. The van der Waals surface area contributed by atoms with Crippen molar-refractivity contribution >= 4 is 5.91 Å². The van der Waals surface area contributed by atoms with E-state index in [4.69, 9.17) is 4.74 Å². The predicted octanol–water partition coefficient (Wildman–Crippen LogP) is 3.47. The summed E-state index contributed by atoms with van der Waals surface area (Å²) in [6, 6.07) is 15.2. The molecule has 2 aromatic heterocycles. The van der Waals surface area contributed by atoms with E-state index in [1.165, 1.54) is 0 Å². The number of methoxy groups -OCH3 is 1.